The van der Waals surface area contributed by atoms with Crippen LogP contribution in [0.1, 0.15) is 31.3 Å². The van der Waals surface area contributed by atoms with Crippen LogP contribution in [0.5, 0.6) is 0 Å². The van der Waals surface area contributed by atoms with Crippen LogP contribution in [0.15, 0.2) is 41.8 Å². The molecule has 4 unspecified atom stereocenters. The Hall–Kier alpha value is -2.79. The summed E-state index contributed by atoms with van der Waals surface area (Å²) in [5, 5.41) is 8.93. The first-order valence-electron chi connectivity index (χ1n) is 12.0. The monoisotopic (exact) mass is 494 g/mol. The Morgan fingerprint density at radius 3 is 2.74 bits per heavy atom. The van der Waals surface area contributed by atoms with E-state index < -0.39 is 0 Å². The van der Waals surface area contributed by atoms with E-state index >= 15 is 0 Å². The van der Waals surface area contributed by atoms with Gasteiger partial charge in [-0.15, -0.1) is 11.3 Å². The number of urea groups is 1. The molecular weight excluding hydrogens is 460 g/mol. The summed E-state index contributed by atoms with van der Waals surface area (Å²) in [6, 6.07) is 12.1. The van der Waals surface area contributed by atoms with Crippen LogP contribution in [0, 0.1) is 12.8 Å². The average Bonchev–Trinajstić information content (AvgIpc) is 3.50. The molecule has 2 aliphatic heterocycles. The minimum Gasteiger partial charge on any atom is -0.352 e. The molecule has 3 aromatic rings. The number of carbonyl (C=O) groups is 1. The summed E-state index contributed by atoms with van der Waals surface area (Å²) < 4.78 is 1.04. The molecule has 1 aromatic carbocycles. The maximum atomic E-state index is 13.6. The molecule has 0 saturated carbocycles. The smallest absolute Gasteiger partial charge is 0.318 e. The highest BCUT2D eigenvalue weighted by atomic mass is 32.1. The van der Waals surface area contributed by atoms with Crippen molar-refractivity contribution in [3.63, 3.8) is 0 Å². The van der Waals surface area contributed by atoms with Gasteiger partial charge in [-0.2, -0.15) is 0 Å². The van der Waals surface area contributed by atoms with Gasteiger partial charge < -0.3 is 20.4 Å². The molecule has 2 amide bonds. The number of fused-ring (bicyclic) bond motifs is 2. The molecular formula is C25H34N8OS. The van der Waals surface area contributed by atoms with Gasteiger partial charge in [0.2, 0.25) is 0 Å². The van der Waals surface area contributed by atoms with E-state index in [4.69, 9.17) is 0 Å². The number of aromatic nitrogens is 2. The first-order chi connectivity index (χ1) is 16.7. The number of benzene rings is 1. The summed E-state index contributed by atoms with van der Waals surface area (Å²) in [7, 11) is 4.05. The first kappa shape index (κ1) is 23.9. The molecule has 0 radical (unpaired) electrons. The number of anilines is 1. The fourth-order valence-electron chi connectivity index (χ4n) is 5.34. The number of hydrogen-bond acceptors (Lipinski definition) is 8. The van der Waals surface area contributed by atoms with Crippen molar-refractivity contribution in [1.29, 1.82) is 0 Å². The Kier molecular flexibility index (Phi) is 6.39. The molecule has 35 heavy (non-hydrogen) atoms. The van der Waals surface area contributed by atoms with E-state index in [1.807, 2.05) is 55.6 Å². The zero-order valence-electron chi connectivity index (χ0n) is 20.9. The van der Waals surface area contributed by atoms with Gasteiger partial charge in [-0.05, 0) is 51.9 Å². The van der Waals surface area contributed by atoms with Gasteiger partial charge in [0, 0.05) is 19.0 Å². The Morgan fingerprint density at radius 1 is 1.23 bits per heavy atom. The van der Waals surface area contributed by atoms with E-state index in [0.29, 0.717) is 6.54 Å². The maximum absolute atomic E-state index is 13.6. The van der Waals surface area contributed by atoms with Crippen LogP contribution in [-0.2, 0) is 0 Å². The van der Waals surface area contributed by atoms with Gasteiger partial charge in [0.05, 0.1) is 34.0 Å². The Balaban J connectivity index is 1.34. The lowest BCUT2D eigenvalue weighted by atomic mass is 9.90. The van der Waals surface area contributed by atoms with Crippen LogP contribution in [-0.4, -0.2) is 70.7 Å². The first-order valence-corrected chi connectivity index (χ1v) is 12.9. The summed E-state index contributed by atoms with van der Waals surface area (Å²) in [5.74, 6) is 1.74. The number of nitrogens with one attached hydrogen (secondary N) is 4. The molecule has 2 aromatic heterocycles. The predicted molar refractivity (Wildman–Crippen MR) is 140 cm³/mol. The predicted octanol–water partition coefficient (Wildman–Crippen LogP) is 2.94. The Labute approximate surface area is 210 Å². The largest absolute Gasteiger partial charge is 0.352 e. The second-order valence-corrected chi connectivity index (χ2v) is 11.2. The lowest BCUT2D eigenvalue weighted by Gasteiger charge is -2.37. The summed E-state index contributed by atoms with van der Waals surface area (Å²) >= 11 is 1.63. The van der Waals surface area contributed by atoms with Gasteiger partial charge in [-0.3, -0.25) is 5.43 Å². The molecule has 0 bridgehead atoms. The van der Waals surface area contributed by atoms with E-state index in [1.165, 1.54) is 0 Å². The van der Waals surface area contributed by atoms with E-state index in [-0.39, 0.29) is 35.7 Å². The minimum absolute atomic E-state index is 0.0424. The quantitative estimate of drug-likeness (QED) is 0.418. The number of carbonyl (C=O) groups excluding carboxylic acids is 1. The van der Waals surface area contributed by atoms with Crippen LogP contribution in [0.25, 0.3) is 10.2 Å². The van der Waals surface area contributed by atoms with E-state index in [1.54, 1.807) is 11.3 Å². The van der Waals surface area contributed by atoms with Crippen molar-refractivity contribution in [3.8, 4) is 0 Å². The van der Waals surface area contributed by atoms with Crippen LogP contribution in [0.2, 0.25) is 0 Å². The highest BCUT2D eigenvalue weighted by Gasteiger charge is 2.55. The van der Waals surface area contributed by atoms with Crippen molar-refractivity contribution in [2.45, 2.75) is 44.6 Å². The number of nitrogens with zero attached hydrogens (tertiary/aromatic N) is 4. The molecule has 2 aliphatic rings. The summed E-state index contributed by atoms with van der Waals surface area (Å²) in [6.07, 6.45) is -0.0663. The highest BCUT2D eigenvalue weighted by Crippen LogP contribution is 2.38. The molecule has 9 nitrogen and oxygen atoms in total. The summed E-state index contributed by atoms with van der Waals surface area (Å²) in [4.78, 5) is 26.9. The van der Waals surface area contributed by atoms with Gasteiger partial charge in [-0.25, -0.2) is 20.2 Å². The molecule has 0 spiro atoms. The molecule has 10 heteroatoms. The molecule has 0 aliphatic carbocycles. The van der Waals surface area contributed by atoms with Crippen molar-refractivity contribution in [2.24, 2.45) is 5.92 Å². The molecule has 4 heterocycles. The standard InChI is InChI=1S/C25H34N8OS/c1-15-26-18-11-12-35-20(18)23(27-15)29-22-17-13-33(25(2,3)21(17)30-31-22)24(34)28-19(14-32(4)5)16-9-7-6-8-10-16/h6-12,17,19,21-22,30-31H,13-14H2,1-5H3,(H,28,34)(H,26,27,29). The number of thiophene rings is 1. The zero-order chi connectivity index (χ0) is 24.7. The lowest BCUT2D eigenvalue weighted by Crippen LogP contribution is -2.57. The number of likely N-dealkylation sites (tertiary alicyclic amines) is 1. The minimum atomic E-state index is -0.378. The molecule has 2 saturated heterocycles. The summed E-state index contributed by atoms with van der Waals surface area (Å²) in [6.45, 7) is 7.52. The fourth-order valence-corrected chi connectivity index (χ4v) is 6.12. The number of amides is 2. The van der Waals surface area contributed by atoms with Crippen LogP contribution >= 0.6 is 11.3 Å². The molecule has 5 rings (SSSR count). The third-order valence-corrected chi connectivity index (χ3v) is 8.01. The number of hydrazine groups is 1. The van der Waals surface area contributed by atoms with Crippen molar-refractivity contribution >= 4 is 33.4 Å². The maximum Gasteiger partial charge on any atom is 0.318 e. The van der Waals surface area contributed by atoms with Gasteiger partial charge in [0.25, 0.3) is 0 Å². The molecule has 4 N–H and O–H groups in total. The lowest BCUT2D eigenvalue weighted by molar-refractivity contribution is 0.145. The fraction of sp³-hybridized carbons (Fsp3) is 0.480. The second-order valence-electron chi connectivity index (χ2n) is 10.2. The normalized spacial score (nSPS) is 24.1. The number of likely N-dealkylation sites (N-methyl/N-ethyl adjacent to an activating group) is 1. The summed E-state index contributed by atoms with van der Waals surface area (Å²) in [5.41, 5.74) is 8.54. The van der Waals surface area contributed by atoms with Crippen molar-refractivity contribution in [3.05, 3.63) is 53.2 Å². The van der Waals surface area contributed by atoms with Crippen molar-refractivity contribution in [1.82, 2.24) is 35.9 Å². The van der Waals surface area contributed by atoms with Crippen molar-refractivity contribution < 1.29 is 4.79 Å². The van der Waals surface area contributed by atoms with Crippen LogP contribution < -0.4 is 21.5 Å². The third-order valence-electron chi connectivity index (χ3n) is 7.10. The average molecular weight is 495 g/mol. The van der Waals surface area contributed by atoms with Crippen molar-refractivity contribution in [2.75, 3.05) is 32.5 Å². The van der Waals surface area contributed by atoms with Gasteiger partial charge in [0.15, 0.2) is 0 Å². The highest BCUT2D eigenvalue weighted by molar-refractivity contribution is 7.17. The van der Waals surface area contributed by atoms with Crippen LogP contribution in [0.3, 0.4) is 0 Å². The number of aryl methyl sites for hydroxylation is 1. The van der Waals surface area contributed by atoms with Gasteiger partial charge >= 0.3 is 6.03 Å². The SMILES string of the molecule is Cc1nc(NC2NNC3C2CN(C(=O)NC(CN(C)C)c2ccccc2)C3(C)C)c2sccc2n1. The van der Waals surface area contributed by atoms with Gasteiger partial charge in [-0.1, -0.05) is 30.3 Å². The molecule has 2 fully saturated rings. The number of rotatable bonds is 6. The third kappa shape index (κ3) is 4.58. The van der Waals surface area contributed by atoms with Gasteiger partial charge in [0.1, 0.15) is 11.6 Å². The topological polar surface area (TPSA) is 97.5 Å². The van der Waals surface area contributed by atoms with E-state index in [9.17, 15) is 4.79 Å². The number of hydrogen-bond donors (Lipinski definition) is 4. The second kappa shape index (κ2) is 9.34. The van der Waals surface area contributed by atoms with E-state index in [0.717, 1.165) is 34.0 Å². The molecule has 186 valence electrons. The Bertz CT molecular complexity index is 1200. The van der Waals surface area contributed by atoms with Crippen LogP contribution in [0.4, 0.5) is 10.6 Å². The van der Waals surface area contributed by atoms with E-state index in [2.05, 4.69) is 62.3 Å². The molecule has 4 atom stereocenters. The zero-order valence-corrected chi connectivity index (χ0v) is 21.7. The Morgan fingerprint density at radius 2 is 2.00 bits per heavy atom.